The lowest BCUT2D eigenvalue weighted by molar-refractivity contribution is -0.137. The van der Waals surface area contributed by atoms with Gasteiger partial charge >= 0.3 is 6.18 Å². The van der Waals surface area contributed by atoms with E-state index in [2.05, 4.69) is 17.2 Å². The highest BCUT2D eigenvalue weighted by molar-refractivity contribution is 5.79. The molecule has 1 saturated heterocycles. The first kappa shape index (κ1) is 18.5. The van der Waals surface area contributed by atoms with Crippen LogP contribution in [0.4, 0.5) is 19.0 Å². The third kappa shape index (κ3) is 4.85. The zero-order chi connectivity index (χ0) is 17.7. The number of amides is 1. The highest BCUT2D eigenvalue weighted by Crippen LogP contribution is 2.30. The molecule has 1 fully saturated rings. The lowest BCUT2D eigenvalue weighted by Gasteiger charge is -2.33. The van der Waals surface area contributed by atoms with Crippen molar-refractivity contribution >= 4 is 11.7 Å². The van der Waals surface area contributed by atoms with Crippen LogP contribution in [-0.4, -0.2) is 30.0 Å². The van der Waals surface area contributed by atoms with Crippen molar-refractivity contribution in [2.75, 3.05) is 18.0 Å². The van der Waals surface area contributed by atoms with E-state index in [4.69, 9.17) is 0 Å². The molecular weight excluding hydrogens is 319 g/mol. The molecule has 1 aliphatic heterocycles. The van der Waals surface area contributed by atoms with Gasteiger partial charge in [-0.25, -0.2) is 4.98 Å². The number of halogens is 3. The summed E-state index contributed by atoms with van der Waals surface area (Å²) in [5.41, 5.74) is -0.758. The zero-order valence-corrected chi connectivity index (χ0v) is 14.1. The minimum absolute atomic E-state index is 0.0209. The standard InChI is InChI=1S/C17H24F3N3O/c1-3-5-12(2)22-16(24)13-6-4-9-23(11-13)15-8-7-14(10-21-15)17(18,19)20/h7-8,10,12-13H,3-6,9,11H2,1-2H3,(H,22,24). The van der Waals surface area contributed by atoms with E-state index in [9.17, 15) is 18.0 Å². The maximum absolute atomic E-state index is 12.6. The molecule has 2 heterocycles. The van der Waals surface area contributed by atoms with Crippen LogP contribution in [0, 0.1) is 5.92 Å². The molecule has 1 aliphatic rings. The monoisotopic (exact) mass is 343 g/mol. The fourth-order valence-electron chi connectivity index (χ4n) is 3.01. The van der Waals surface area contributed by atoms with Crippen molar-refractivity contribution in [1.82, 2.24) is 10.3 Å². The van der Waals surface area contributed by atoms with Crippen molar-refractivity contribution in [2.45, 2.75) is 51.7 Å². The summed E-state index contributed by atoms with van der Waals surface area (Å²) in [4.78, 5) is 18.2. The number of rotatable bonds is 5. The van der Waals surface area contributed by atoms with E-state index in [1.54, 1.807) is 0 Å². The molecule has 134 valence electrons. The van der Waals surface area contributed by atoms with Gasteiger partial charge < -0.3 is 10.2 Å². The third-order valence-electron chi connectivity index (χ3n) is 4.30. The highest BCUT2D eigenvalue weighted by atomic mass is 19.4. The minimum Gasteiger partial charge on any atom is -0.356 e. The Morgan fingerprint density at radius 3 is 2.79 bits per heavy atom. The average molecular weight is 343 g/mol. The summed E-state index contributed by atoms with van der Waals surface area (Å²) in [6, 6.07) is 2.56. The lowest BCUT2D eigenvalue weighted by Crippen LogP contribution is -2.45. The summed E-state index contributed by atoms with van der Waals surface area (Å²) in [6.45, 7) is 5.25. The molecule has 1 amide bonds. The van der Waals surface area contributed by atoms with Gasteiger partial charge in [-0.2, -0.15) is 13.2 Å². The largest absolute Gasteiger partial charge is 0.417 e. The molecule has 0 aliphatic carbocycles. The molecular formula is C17H24F3N3O. The number of hydrogen-bond donors (Lipinski definition) is 1. The van der Waals surface area contributed by atoms with E-state index in [0.717, 1.165) is 37.9 Å². The van der Waals surface area contributed by atoms with Crippen molar-refractivity contribution in [1.29, 1.82) is 0 Å². The third-order valence-corrected chi connectivity index (χ3v) is 4.30. The molecule has 2 unspecified atom stereocenters. The Kier molecular flexibility index (Phi) is 6.07. The number of piperidine rings is 1. The summed E-state index contributed by atoms with van der Waals surface area (Å²) in [7, 11) is 0. The van der Waals surface area contributed by atoms with Crippen LogP contribution in [-0.2, 0) is 11.0 Å². The van der Waals surface area contributed by atoms with E-state index in [1.807, 2.05) is 11.8 Å². The first-order valence-electron chi connectivity index (χ1n) is 8.39. The molecule has 0 bridgehead atoms. The Hall–Kier alpha value is -1.79. The van der Waals surface area contributed by atoms with E-state index in [1.165, 1.54) is 6.07 Å². The maximum Gasteiger partial charge on any atom is 0.417 e. The Morgan fingerprint density at radius 2 is 2.21 bits per heavy atom. The summed E-state index contributed by atoms with van der Waals surface area (Å²) >= 11 is 0. The van der Waals surface area contributed by atoms with Crippen LogP contribution in [0.3, 0.4) is 0 Å². The Bertz CT molecular complexity index is 545. The van der Waals surface area contributed by atoms with Gasteiger partial charge in [-0.1, -0.05) is 13.3 Å². The van der Waals surface area contributed by atoms with E-state index < -0.39 is 11.7 Å². The van der Waals surface area contributed by atoms with Crippen LogP contribution >= 0.6 is 0 Å². The second-order valence-corrected chi connectivity index (χ2v) is 6.39. The zero-order valence-electron chi connectivity index (χ0n) is 14.1. The van der Waals surface area contributed by atoms with Gasteiger partial charge in [0.25, 0.3) is 0 Å². The minimum atomic E-state index is -4.38. The lowest BCUT2D eigenvalue weighted by atomic mass is 9.96. The summed E-state index contributed by atoms with van der Waals surface area (Å²) in [6.07, 6.45) is 0.0225. The normalized spacial score (nSPS) is 19.9. The predicted molar refractivity (Wildman–Crippen MR) is 86.7 cm³/mol. The summed E-state index contributed by atoms with van der Waals surface area (Å²) < 4.78 is 37.8. The van der Waals surface area contributed by atoms with Crippen LogP contribution in [0.15, 0.2) is 18.3 Å². The van der Waals surface area contributed by atoms with Gasteiger partial charge in [0, 0.05) is 25.3 Å². The van der Waals surface area contributed by atoms with Gasteiger partial charge in [-0.05, 0) is 38.3 Å². The second kappa shape index (κ2) is 7.85. The molecule has 7 heteroatoms. The number of nitrogens with one attached hydrogen (secondary N) is 1. The van der Waals surface area contributed by atoms with E-state index in [-0.39, 0.29) is 17.9 Å². The fraction of sp³-hybridized carbons (Fsp3) is 0.647. The number of carbonyl (C=O) groups is 1. The summed E-state index contributed by atoms with van der Waals surface area (Å²) in [5.74, 6) is 0.358. The molecule has 0 spiro atoms. The van der Waals surface area contributed by atoms with Crippen molar-refractivity contribution in [3.05, 3.63) is 23.9 Å². The number of aromatic nitrogens is 1. The predicted octanol–water partition coefficient (Wildman–Crippen LogP) is 3.62. The van der Waals surface area contributed by atoms with Crippen molar-refractivity contribution in [3.63, 3.8) is 0 Å². The van der Waals surface area contributed by atoms with Crippen LogP contribution in [0.5, 0.6) is 0 Å². The molecule has 0 radical (unpaired) electrons. The molecule has 1 aromatic heterocycles. The van der Waals surface area contributed by atoms with Crippen LogP contribution in [0.25, 0.3) is 0 Å². The number of pyridine rings is 1. The number of carbonyl (C=O) groups excluding carboxylic acids is 1. The highest BCUT2D eigenvalue weighted by Gasteiger charge is 2.31. The summed E-state index contributed by atoms with van der Waals surface area (Å²) in [5, 5.41) is 3.02. The molecule has 4 nitrogen and oxygen atoms in total. The number of anilines is 1. The van der Waals surface area contributed by atoms with E-state index in [0.29, 0.717) is 18.9 Å². The SMILES string of the molecule is CCCC(C)NC(=O)C1CCCN(c2ccc(C(F)(F)F)cn2)C1. The Labute approximate surface area is 140 Å². The fourth-order valence-corrected chi connectivity index (χ4v) is 3.01. The molecule has 2 rings (SSSR count). The van der Waals surface area contributed by atoms with Gasteiger partial charge in [0.15, 0.2) is 0 Å². The van der Waals surface area contributed by atoms with Gasteiger partial charge in [0.2, 0.25) is 5.91 Å². The van der Waals surface area contributed by atoms with Crippen LogP contribution in [0.2, 0.25) is 0 Å². The van der Waals surface area contributed by atoms with Gasteiger partial charge in [-0.3, -0.25) is 4.79 Å². The number of hydrogen-bond acceptors (Lipinski definition) is 3. The Morgan fingerprint density at radius 1 is 1.46 bits per heavy atom. The smallest absolute Gasteiger partial charge is 0.356 e. The molecule has 1 N–H and O–H groups in total. The van der Waals surface area contributed by atoms with Gasteiger partial charge in [0.05, 0.1) is 11.5 Å². The van der Waals surface area contributed by atoms with Crippen molar-refractivity contribution in [3.8, 4) is 0 Å². The van der Waals surface area contributed by atoms with Gasteiger partial charge in [0.1, 0.15) is 5.82 Å². The van der Waals surface area contributed by atoms with Gasteiger partial charge in [-0.15, -0.1) is 0 Å². The average Bonchev–Trinajstić information content (AvgIpc) is 2.54. The first-order valence-corrected chi connectivity index (χ1v) is 8.39. The number of alkyl halides is 3. The van der Waals surface area contributed by atoms with E-state index >= 15 is 0 Å². The molecule has 2 atom stereocenters. The topological polar surface area (TPSA) is 45.2 Å². The quantitative estimate of drug-likeness (QED) is 0.888. The van der Waals surface area contributed by atoms with Crippen LogP contribution in [0.1, 0.15) is 45.1 Å². The molecule has 1 aromatic rings. The van der Waals surface area contributed by atoms with Crippen molar-refractivity contribution in [2.24, 2.45) is 5.92 Å². The Balaban J connectivity index is 1.98. The number of nitrogens with zero attached hydrogens (tertiary/aromatic N) is 2. The molecule has 0 aromatic carbocycles. The molecule has 24 heavy (non-hydrogen) atoms. The van der Waals surface area contributed by atoms with Crippen molar-refractivity contribution < 1.29 is 18.0 Å². The molecule has 0 saturated carbocycles. The second-order valence-electron chi connectivity index (χ2n) is 6.39. The first-order chi connectivity index (χ1) is 11.3. The maximum atomic E-state index is 12.6. The van der Waals surface area contributed by atoms with Crippen LogP contribution < -0.4 is 10.2 Å².